The lowest BCUT2D eigenvalue weighted by Crippen LogP contribution is -2.11. The maximum Gasteiger partial charge on any atom is 0.339 e. The second kappa shape index (κ2) is 5.96. The Bertz CT molecular complexity index is 787. The van der Waals surface area contributed by atoms with Crippen molar-refractivity contribution in [1.82, 2.24) is 0 Å². The van der Waals surface area contributed by atoms with Gasteiger partial charge in [0.2, 0.25) is 0 Å². The van der Waals surface area contributed by atoms with Gasteiger partial charge in [0.05, 0.1) is 16.1 Å². The van der Waals surface area contributed by atoms with E-state index in [9.17, 15) is 19.1 Å². The Morgan fingerprint density at radius 3 is 2.82 bits per heavy atom. The van der Waals surface area contributed by atoms with Gasteiger partial charge < -0.3 is 10.4 Å². The van der Waals surface area contributed by atoms with Gasteiger partial charge in [-0.1, -0.05) is 0 Å². The highest BCUT2D eigenvalue weighted by molar-refractivity contribution is 14.1. The topological polar surface area (TPSA) is 66.4 Å². The van der Waals surface area contributed by atoms with E-state index in [2.05, 4.69) is 5.32 Å². The van der Waals surface area contributed by atoms with Crippen molar-refractivity contribution < 1.29 is 19.1 Å². The minimum atomic E-state index is -1.10. The Morgan fingerprint density at radius 1 is 1.36 bits per heavy atom. The number of ketones is 1. The lowest BCUT2D eigenvalue weighted by molar-refractivity contribution is 0.0697. The molecule has 4 nitrogen and oxygen atoms in total. The Morgan fingerprint density at radius 2 is 2.14 bits per heavy atom. The zero-order chi connectivity index (χ0) is 15.9. The summed E-state index contributed by atoms with van der Waals surface area (Å²) in [5.74, 6) is -1.59. The fourth-order valence-electron chi connectivity index (χ4n) is 2.50. The molecule has 22 heavy (non-hydrogen) atoms. The van der Waals surface area contributed by atoms with Crippen LogP contribution in [0.25, 0.3) is 0 Å². The third kappa shape index (κ3) is 2.74. The van der Waals surface area contributed by atoms with Crippen LogP contribution < -0.4 is 5.32 Å². The Labute approximate surface area is 143 Å². The predicted octanol–water partition coefficient (Wildman–Crippen LogP) is 4.45. The van der Waals surface area contributed by atoms with Crippen LogP contribution in [0.5, 0.6) is 0 Å². The summed E-state index contributed by atoms with van der Waals surface area (Å²) in [5, 5.41) is 12.6. The molecule has 1 aliphatic rings. The number of nitrogens with one attached hydrogen (secondary N) is 1. The molecule has 0 spiro atoms. The molecular weight excluding hydrogens is 420 g/mol. The number of carboxylic acid groups (broad SMARTS) is 1. The number of halogens is 2. The number of carboxylic acids is 1. The minimum absolute atomic E-state index is 0.0371. The molecule has 0 fully saturated rings. The molecule has 0 unspecified atom stereocenters. The summed E-state index contributed by atoms with van der Waals surface area (Å²) in [5.41, 5.74) is 0.863. The number of hydrogen-bond donors (Lipinski definition) is 2. The van der Waals surface area contributed by atoms with Gasteiger partial charge in [0.25, 0.3) is 0 Å². The van der Waals surface area contributed by atoms with Gasteiger partial charge in [-0.15, -0.1) is 11.3 Å². The number of carbonyl (C=O) groups is 2. The molecule has 2 N–H and O–H groups in total. The SMILES string of the molecule is O=C1CCCc2c1sc(Nc1ccc(I)cc1F)c2C(=O)O. The van der Waals surface area contributed by atoms with Crippen LogP contribution in [0.15, 0.2) is 18.2 Å². The summed E-state index contributed by atoms with van der Waals surface area (Å²) in [7, 11) is 0. The van der Waals surface area contributed by atoms with Crippen molar-refractivity contribution in [2.75, 3.05) is 5.32 Å². The molecule has 0 bridgehead atoms. The van der Waals surface area contributed by atoms with Gasteiger partial charge in [-0.25, -0.2) is 9.18 Å². The summed E-state index contributed by atoms with van der Waals surface area (Å²) in [6, 6.07) is 4.65. The standard InChI is InChI=1S/C15H11FINO3S/c16-9-6-7(17)4-5-10(9)18-14-12(15(20)21)8-2-1-3-11(19)13(8)22-14/h4-6,18H,1-3H2,(H,20,21). The van der Waals surface area contributed by atoms with Gasteiger partial charge in [0, 0.05) is 9.99 Å². The fourth-order valence-corrected chi connectivity index (χ4v) is 4.17. The number of hydrogen-bond acceptors (Lipinski definition) is 4. The van der Waals surface area contributed by atoms with Crippen molar-refractivity contribution >= 4 is 56.4 Å². The number of carbonyl (C=O) groups excluding carboxylic acids is 1. The van der Waals surface area contributed by atoms with E-state index < -0.39 is 11.8 Å². The molecule has 7 heteroatoms. The van der Waals surface area contributed by atoms with E-state index >= 15 is 0 Å². The van der Waals surface area contributed by atoms with E-state index in [1.807, 2.05) is 22.6 Å². The Kier molecular flexibility index (Phi) is 4.18. The van der Waals surface area contributed by atoms with E-state index in [4.69, 9.17) is 0 Å². The molecule has 2 aromatic rings. The van der Waals surface area contributed by atoms with E-state index in [1.165, 1.54) is 6.07 Å². The van der Waals surface area contributed by atoms with E-state index in [1.54, 1.807) is 12.1 Å². The van der Waals surface area contributed by atoms with Crippen LogP contribution >= 0.6 is 33.9 Å². The van der Waals surface area contributed by atoms with Crippen molar-refractivity contribution in [3.63, 3.8) is 0 Å². The predicted molar refractivity (Wildman–Crippen MR) is 90.9 cm³/mol. The lowest BCUT2D eigenvalue weighted by Gasteiger charge is -2.10. The first-order valence-corrected chi connectivity index (χ1v) is 8.51. The molecule has 1 aromatic heterocycles. The fraction of sp³-hybridized carbons (Fsp3) is 0.200. The molecule has 1 aromatic carbocycles. The summed E-state index contributed by atoms with van der Waals surface area (Å²) in [6.07, 6.45) is 1.65. The third-order valence-corrected chi connectivity index (χ3v) is 5.34. The maximum absolute atomic E-state index is 14.0. The van der Waals surface area contributed by atoms with E-state index in [0.29, 0.717) is 34.7 Å². The highest BCUT2D eigenvalue weighted by Gasteiger charge is 2.29. The molecule has 114 valence electrons. The van der Waals surface area contributed by atoms with Crippen molar-refractivity contribution in [3.8, 4) is 0 Å². The summed E-state index contributed by atoms with van der Waals surface area (Å²) in [4.78, 5) is 24.0. The number of anilines is 2. The van der Waals surface area contributed by atoms with Crippen LogP contribution in [0.3, 0.4) is 0 Å². The molecule has 1 aliphatic carbocycles. The van der Waals surface area contributed by atoms with Gasteiger partial charge in [-0.3, -0.25) is 4.79 Å². The zero-order valence-corrected chi connectivity index (χ0v) is 14.3. The first kappa shape index (κ1) is 15.4. The average Bonchev–Trinajstić information content (AvgIpc) is 2.82. The number of rotatable bonds is 3. The molecule has 0 amide bonds. The van der Waals surface area contributed by atoms with E-state index in [-0.39, 0.29) is 17.0 Å². The molecule has 0 aliphatic heterocycles. The monoisotopic (exact) mass is 431 g/mol. The van der Waals surface area contributed by atoms with Gasteiger partial charge >= 0.3 is 5.97 Å². The first-order valence-electron chi connectivity index (χ1n) is 6.61. The maximum atomic E-state index is 14.0. The highest BCUT2D eigenvalue weighted by atomic mass is 127. The Balaban J connectivity index is 2.07. The van der Waals surface area contributed by atoms with Crippen LogP contribution in [0.4, 0.5) is 15.1 Å². The quantitative estimate of drug-likeness (QED) is 0.705. The van der Waals surface area contributed by atoms with Gasteiger partial charge in [-0.05, 0) is 59.2 Å². The van der Waals surface area contributed by atoms with Gasteiger partial charge in [-0.2, -0.15) is 0 Å². The second-order valence-electron chi connectivity index (χ2n) is 4.94. The molecular formula is C15H11FINO3S. The number of aromatic carboxylic acids is 1. The molecule has 0 radical (unpaired) electrons. The van der Waals surface area contributed by atoms with Gasteiger partial charge in [0.15, 0.2) is 5.78 Å². The van der Waals surface area contributed by atoms with Crippen molar-refractivity contribution in [3.05, 3.63) is 43.6 Å². The normalized spacial score (nSPS) is 13.8. The Hall–Kier alpha value is -1.48. The van der Waals surface area contributed by atoms with Crippen molar-refractivity contribution in [2.45, 2.75) is 19.3 Å². The minimum Gasteiger partial charge on any atom is -0.478 e. The lowest BCUT2D eigenvalue weighted by atomic mass is 9.94. The van der Waals surface area contributed by atoms with Crippen LogP contribution in [0.1, 0.15) is 38.4 Å². The summed E-state index contributed by atoms with van der Waals surface area (Å²) in [6.45, 7) is 0. The molecule has 0 saturated heterocycles. The highest BCUT2D eigenvalue weighted by Crippen LogP contribution is 2.39. The molecule has 0 saturated carbocycles. The number of Topliss-reactive ketones (excluding diaryl/α,β-unsaturated/α-hetero) is 1. The summed E-state index contributed by atoms with van der Waals surface area (Å²) < 4.78 is 14.7. The van der Waals surface area contributed by atoms with Crippen LogP contribution in [-0.2, 0) is 6.42 Å². The van der Waals surface area contributed by atoms with Crippen molar-refractivity contribution in [2.24, 2.45) is 0 Å². The van der Waals surface area contributed by atoms with Crippen LogP contribution in [0, 0.1) is 9.39 Å². The third-order valence-electron chi connectivity index (χ3n) is 3.48. The smallest absolute Gasteiger partial charge is 0.339 e. The number of fused-ring (bicyclic) bond motifs is 1. The number of benzene rings is 1. The van der Waals surface area contributed by atoms with E-state index in [0.717, 1.165) is 14.9 Å². The molecule has 1 heterocycles. The largest absolute Gasteiger partial charge is 0.478 e. The summed E-state index contributed by atoms with van der Waals surface area (Å²) >= 11 is 3.09. The van der Waals surface area contributed by atoms with Crippen LogP contribution in [0.2, 0.25) is 0 Å². The van der Waals surface area contributed by atoms with Crippen molar-refractivity contribution in [1.29, 1.82) is 0 Å². The van der Waals surface area contributed by atoms with Gasteiger partial charge in [0.1, 0.15) is 10.8 Å². The molecule has 0 atom stereocenters. The zero-order valence-electron chi connectivity index (χ0n) is 11.3. The second-order valence-corrected chi connectivity index (χ2v) is 7.21. The first-order chi connectivity index (χ1) is 10.5. The van der Waals surface area contributed by atoms with Crippen LogP contribution in [-0.4, -0.2) is 16.9 Å². The number of thiophene rings is 1. The average molecular weight is 431 g/mol. The molecule has 3 rings (SSSR count).